The largest absolute Gasteiger partial charge is 0.394 e. The molecule has 0 aromatic rings. The molecule has 0 spiro atoms. The van der Waals surface area contributed by atoms with Gasteiger partial charge in [0.1, 0.15) is 6.10 Å². The SMILES string of the molecule is O=C1CCN([C@@H]2O[C@@H](CO)[C@H](O)C2(F)F)C(=O)N1. The third-order valence-electron chi connectivity index (χ3n) is 2.93. The first kappa shape index (κ1) is 13.1. The van der Waals surface area contributed by atoms with Crippen molar-refractivity contribution in [3.63, 3.8) is 0 Å². The zero-order valence-corrected chi connectivity index (χ0v) is 9.18. The lowest BCUT2D eigenvalue weighted by Gasteiger charge is -2.33. The highest BCUT2D eigenvalue weighted by Gasteiger charge is 2.61. The molecule has 7 nitrogen and oxygen atoms in total. The summed E-state index contributed by atoms with van der Waals surface area (Å²) >= 11 is 0. The van der Waals surface area contributed by atoms with Crippen LogP contribution < -0.4 is 5.32 Å². The number of carbonyl (C=O) groups excluding carboxylic acids is 2. The number of aliphatic hydroxyl groups excluding tert-OH is 2. The number of imide groups is 1. The van der Waals surface area contributed by atoms with E-state index in [9.17, 15) is 23.5 Å². The van der Waals surface area contributed by atoms with E-state index in [0.717, 1.165) is 0 Å². The van der Waals surface area contributed by atoms with E-state index in [1.807, 2.05) is 5.32 Å². The summed E-state index contributed by atoms with van der Waals surface area (Å²) in [7, 11) is 0. The zero-order chi connectivity index (χ0) is 13.5. The molecule has 2 aliphatic rings. The van der Waals surface area contributed by atoms with Gasteiger partial charge in [-0.25, -0.2) is 4.79 Å². The van der Waals surface area contributed by atoms with Gasteiger partial charge in [0.25, 0.3) is 0 Å². The highest BCUT2D eigenvalue weighted by atomic mass is 19.3. The molecule has 3 N–H and O–H groups in total. The number of rotatable bonds is 2. The van der Waals surface area contributed by atoms with Crippen LogP contribution in [0.2, 0.25) is 0 Å². The number of hydrogen-bond donors (Lipinski definition) is 3. The Hall–Kier alpha value is -1.32. The molecule has 0 unspecified atom stereocenters. The maximum atomic E-state index is 13.7. The first-order chi connectivity index (χ1) is 8.37. The maximum absolute atomic E-state index is 13.7. The van der Waals surface area contributed by atoms with Gasteiger partial charge in [-0.3, -0.25) is 15.0 Å². The summed E-state index contributed by atoms with van der Waals surface area (Å²) in [5, 5.41) is 20.0. The number of nitrogens with zero attached hydrogens (tertiary/aromatic N) is 1. The lowest BCUT2D eigenvalue weighted by atomic mass is 10.1. The summed E-state index contributed by atoms with van der Waals surface area (Å²) in [6, 6.07) is -0.998. The zero-order valence-electron chi connectivity index (χ0n) is 9.18. The van der Waals surface area contributed by atoms with Gasteiger partial charge < -0.3 is 14.9 Å². The minimum absolute atomic E-state index is 0.123. The number of aliphatic hydroxyl groups is 2. The minimum atomic E-state index is -3.70. The van der Waals surface area contributed by atoms with Crippen LogP contribution in [0.5, 0.6) is 0 Å². The van der Waals surface area contributed by atoms with E-state index in [1.54, 1.807) is 0 Å². The average molecular weight is 266 g/mol. The molecule has 2 fully saturated rings. The Kier molecular flexibility index (Phi) is 3.21. The topological polar surface area (TPSA) is 99.1 Å². The van der Waals surface area contributed by atoms with Crippen molar-refractivity contribution < 1.29 is 33.3 Å². The number of urea groups is 1. The third-order valence-corrected chi connectivity index (χ3v) is 2.93. The summed E-state index contributed by atoms with van der Waals surface area (Å²) in [5.74, 6) is -4.26. The van der Waals surface area contributed by atoms with Gasteiger partial charge in [0, 0.05) is 13.0 Å². The van der Waals surface area contributed by atoms with Crippen molar-refractivity contribution in [1.29, 1.82) is 0 Å². The molecule has 0 aromatic heterocycles. The Bertz CT molecular complexity index is 378. The van der Waals surface area contributed by atoms with Gasteiger partial charge in [-0.2, -0.15) is 8.78 Å². The number of halogens is 2. The normalized spacial score (nSPS) is 35.8. The Labute approximate surface area is 100 Å². The predicted molar refractivity (Wildman–Crippen MR) is 51.6 cm³/mol. The highest BCUT2D eigenvalue weighted by molar-refractivity contribution is 5.96. The standard InChI is InChI=1S/C9H12F2N2O5/c10-9(11)6(16)4(3-14)18-7(9)13-2-1-5(15)12-8(13)17/h4,6-7,14,16H,1-3H2,(H,12,15,17)/t4-,6-,7+/m0/s1. The molecule has 18 heavy (non-hydrogen) atoms. The van der Waals surface area contributed by atoms with Crippen LogP contribution in [-0.2, 0) is 9.53 Å². The first-order valence-corrected chi connectivity index (χ1v) is 5.30. The van der Waals surface area contributed by atoms with E-state index >= 15 is 0 Å². The van der Waals surface area contributed by atoms with Crippen LogP contribution in [0.25, 0.3) is 0 Å². The predicted octanol–water partition coefficient (Wildman–Crippen LogP) is -1.36. The van der Waals surface area contributed by atoms with Crippen LogP contribution in [0, 0.1) is 0 Å². The van der Waals surface area contributed by atoms with Gasteiger partial charge in [-0.1, -0.05) is 0 Å². The fourth-order valence-electron chi connectivity index (χ4n) is 1.95. The number of hydrogen-bond acceptors (Lipinski definition) is 5. The molecule has 9 heteroatoms. The number of amides is 3. The fourth-order valence-corrected chi connectivity index (χ4v) is 1.95. The second-order valence-electron chi connectivity index (χ2n) is 4.13. The van der Waals surface area contributed by atoms with Crippen molar-refractivity contribution in [3.05, 3.63) is 0 Å². The molecule has 0 radical (unpaired) electrons. The summed E-state index contributed by atoms with van der Waals surface area (Å²) in [6.07, 6.45) is -5.77. The van der Waals surface area contributed by atoms with Crippen molar-refractivity contribution >= 4 is 11.9 Å². The number of nitrogens with one attached hydrogen (secondary N) is 1. The molecule has 3 atom stereocenters. The quantitative estimate of drug-likeness (QED) is 0.573. The van der Waals surface area contributed by atoms with Crippen molar-refractivity contribution in [2.45, 2.75) is 30.8 Å². The van der Waals surface area contributed by atoms with Gasteiger partial charge >= 0.3 is 12.0 Å². The molecule has 2 rings (SSSR count). The summed E-state index contributed by atoms with van der Waals surface area (Å²) in [6.45, 7) is -1.02. The first-order valence-electron chi connectivity index (χ1n) is 5.30. The summed E-state index contributed by atoms with van der Waals surface area (Å²) in [4.78, 5) is 23.0. The Morgan fingerprint density at radius 2 is 2.17 bits per heavy atom. The van der Waals surface area contributed by atoms with Crippen molar-refractivity contribution in [1.82, 2.24) is 10.2 Å². The average Bonchev–Trinajstić information content (AvgIpc) is 2.52. The molecule has 0 aromatic carbocycles. The monoisotopic (exact) mass is 266 g/mol. The van der Waals surface area contributed by atoms with Crippen molar-refractivity contribution in [3.8, 4) is 0 Å². The van der Waals surface area contributed by atoms with E-state index in [1.165, 1.54) is 0 Å². The van der Waals surface area contributed by atoms with Crippen LogP contribution in [-0.4, -0.2) is 64.6 Å². The van der Waals surface area contributed by atoms with Gasteiger partial charge in [0.2, 0.25) is 12.1 Å². The third kappa shape index (κ3) is 1.93. The summed E-state index contributed by atoms with van der Waals surface area (Å²) < 4.78 is 32.2. The Morgan fingerprint density at radius 3 is 2.67 bits per heavy atom. The molecular formula is C9H12F2N2O5. The molecule has 0 aliphatic carbocycles. The van der Waals surface area contributed by atoms with Crippen molar-refractivity contribution in [2.24, 2.45) is 0 Å². The van der Waals surface area contributed by atoms with Crippen LogP contribution in [0.3, 0.4) is 0 Å². The van der Waals surface area contributed by atoms with E-state index in [-0.39, 0.29) is 13.0 Å². The molecule has 2 heterocycles. The van der Waals surface area contributed by atoms with E-state index < -0.39 is 42.9 Å². The minimum Gasteiger partial charge on any atom is -0.394 e. The second-order valence-corrected chi connectivity index (χ2v) is 4.13. The maximum Gasteiger partial charge on any atom is 0.326 e. The van der Waals surface area contributed by atoms with E-state index in [4.69, 9.17) is 9.84 Å². The summed E-state index contributed by atoms with van der Waals surface area (Å²) in [5.41, 5.74) is 0. The van der Waals surface area contributed by atoms with Gasteiger partial charge in [0.05, 0.1) is 6.61 Å². The fraction of sp³-hybridized carbons (Fsp3) is 0.778. The van der Waals surface area contributed by atoms with Gasteiger partial charge in [-0.05, 0) is 0 Å². The van der Waals surface area contributed by atoms with Gasteiger partial charge in [-0.15, -0.1) is 0 Å². The van der Waals surface area contributed by atoms with Crippen LogP contribution in [0.4, 0.5) is 13.6 Å². The molecule has 0 bridgehead atoms. The molecule has 2 saturated heterocycles. The van der Waals surface area contributed by atoms with Crippen LogP contribution in [0.15, 0.2) is 0 Å². The van der Waals surface area contributed by atoms with Crippen LogP contribution >= 0.6 is 0 Å². The van der Waals surface area contributed by atoms with E-state index in [0.29, 0.717) is 4.90 Å². The molecule has 3 amide bonds. The Morgan fingerprint density at radius 1 is 1.50 bits per heavy atom. The van der Waals surface area contributed by atoms with Crippen molar-refractivity contribution in [2.75, 3.05) is 13.2 Å². The van der Waals surface area contributed by atoms with Crippen LogP contribution in [0.1, 0.15) is 6.42 Å². The van der Waals surface area contributed by atoms with Gasteiger partial charge in [0.15, 0.2) is 6.10 Å². The second kappa shape index (κ2) is 4.41. The molecule has 0 saturated carbocycles. The molecular weight excluding hydrogens is 254 g/mol. The lowest BCUT2D eigenvalue weighted by molar-refractivity contribution is -0.158. The number of carbonyl (C=O) groups is 2. The smallest absolute Gasteiger partial charge is 0.326 e. The Balaban J connectivity index is 2.18. The molecule has 102 valence electrons. The number of alkyl halides is 2. The lowest BCUT2D eigenvalue weighted by Crippen LogP contribution is -2.58. The van der Waals surface area contributed by atoms with E-state index in [2.05, 4.69) is 0 Å². The molecule has 2 aliphatic heterocycles. The number of ether oxygens (including phenoxy) is 1. The highest BCUT2D eigenvalue weighted by Crippen LogP contribution is 2.38.